The fourth-order valence-corrected chi connectivity index (χ4v) is 7.41. The van der Waals surface area contributed by atoms with Crippen molar-refractivity contribution in [1.29, 1.82) is 0 Å². The van der Waals surface area contributed by atoms with Crippen LogP contribution in [-0.2, 0) is 21.4 Å². The molecule has 4 aliphatic rings. The number of thiazole rings is 1. The molecule has 1 aromatic heterocycles. The molecule has 1 aromatic carbocycles. The second-order valence-corrected chi connectivity index (χ2v) is 10.5. The number of rotatable bonds is 7. The summed E-state index contributed by atoms with van der Waals surface area (Å²) in [5.41, 5.74) is 3.84. The summed E-state index contributed by atoms with van der Waals surface area (Å²) in [6, 6.07) is 10.9. The van der Waals surface area contributed by atoms with Crippen molar-refractivity contribution < 1.29 is 14.8 Å². The van der Waals surface area contributed by atoms with E-state index < -0.39 is 5.91 Å². The van der Waals surface area contributed by atoms with E-state index in [0.717, 1.165) is 31.1 Å². The minimum Gasteiger partial charge on any atom is -0.303 e. The van der Waals surface area contributed by atoms with Crippen molar-refractivity contribution >= 4 is 28.3 Å². The van der Waals surface area contributed by atoms with Crippen LogP contribution in [0.4, 0.5) is 5.13 Å². The Bertz CT molecular complexity index is 962. The number of carbonyl (C=O) groups excluding carboxylic acids is 2. The molecule has 4 N–H and O–H groups in total. The minimum atomic E-state index is -0.529. The molecule has 6 rings (SSSR count). The second-order valence-electron chi connectivity index (χ2n) is 9.65. The van der Waals surface area contributed by atoms with Crippen LogP contribution in [0, 0.1) is 11.8 Å². The van der Waals surface area contributed by atoms with Crippen LogP contribution in [0.2, 0.25) is 0 Å². The molecule has 0 aliphatic heterocycles. The van der Waals surface area contributed by atoms with Gasteiger partial charge in [0.2, 0.25) is 11.8 Å². The molecule has 164 valence electrons. The number of hydrogen-bond acceptors (Lipinski definition) is 6. The lowest BCUT2D eigenvalue weighted by Crippen LogP contribution is -2.64. The van der Waals surface area contributed by atoms with Gasteiger partial charge >= 0.3 is 0 Å². The lowest BCUT2D eigenvalue weighted by atomic mass is 9.45. The molecule has 4 aliphatic carbocycles. The van der Waals surface area contributed by atoms with Crippen molar-refractivity contribution in [3.8, 4) is 0 Å². The van der Waals surface area contributed by atoms with Gasteiger partial charge in [0.25, 0.3) is 0 Å². The molecule has 1 heterocycles. The fraction of sp³-hybridized carbons (Fsp3) is 0.522. The van der Waals surface area contributed by atoms with Crippen molar-refractivity contribution in [2.45, 2.75) is 55.9 Å². The zero-order chi connectivity index (χ0) is 21.5. The highest BCUT2D eigenvalue weighted by atomic mass is 32.1. The molecule has 4 bridgehead atoms. The molecule has 2 unspecified atom stereocenters. The van der Waals surface area contributed by atoms with Crippen LogP contribution in [0.5, 0.6) is 0 Å². The van der Waals surface area contributed by atoms with E-state index in [1.165, 1.54) is 36.2 Å². The summed E-state index contributed by atoms with van der Waals surface area (Å²) >= 11 is 1.28. The number of amides is 2. The Morgan fingerprint density at radius 3 is 2.55 bits per heavy atom. The van der Waals surface area contributed by atoms with Crippen molar-refractivity contribution in [1.82, 2.24) is 15.8 Å². The van der Waals surface area contributed by atoms with Crippen molar-refractivity contribution in [2.24, 2.45) is 11.8 Å². The first-order valence-electron chi connectivity index (χ1n) is 11.0. The van der Waals surface area contributed by atoms with Gasteiger partial charge in [-0.1, -0.05) is 30.3 Å². The van der Waals surface area contributed by atoms with Crippen LogP contribution in [-0.4, -0.2) is 34.1 Å². The van der Waals surface area contributed by atoms with Crippen LogP contribution < -0.4 is 16.1 Å². The molecule has 31 heavy (non-hydrogen) atoms. The number of benzene rings is 1. The average Bonchev–Trinajstić information content (AvgIpc) is 3.18. The number of nitrogens with zero attached hydrogens (tertiary/aromatic N) is 1. The van der Waals surface area contributed by atoms with Gasteiger partial charge in [0, 0.05) is 10.9 Å². The van der Waals surface area contributed by atoms with Crippen LogP contribution in [0.1, 0.15) is 49.8 Å². The Morgan fingerprint density at radius 1 is 1.10 bits per heavy atom. The lowest BCUT2D eigenvalue weighted by Gasteiger charge is -2.62. The highest BCUT2D eigenvalue weighted by molar-refractivity contribution is 7.13. The van der Waals surface area contributed by atoms with Gasteiger partial charge in [0.15, 0.2) is 5.13 Å². The topological polar surface area (TPSA) is 103 Å². The number of aromatic nitrogens is 1. The number of anilines is 1. The van der Waals surface area contributed by atoms with Crippen molar-refractivity contribution in [3.63, 3.8) is 0 Å². The van der Waals surface area contributed by atoms with Gasteiger partial charge in [-0.25, -0.2) is 10.5 Å². The summed E-state index contributed by atoms with van der Waals surface area (Å²) in [5.74, 6) is 0.823. The Labute approximate surface area is 185 Å². The Morgan fingerprint density at radius 2 is 1.84 bits per heavy atom. The minimum absolute atomic E-state index is 0.0193. The lowest BCUT2D eigenvalue weighted by molar-refractivity contribution is -0.128. The van der Waals surface area contributed by atoms with E-state index in [1.54, 1.807) is 10.9 Å². The highest BCUT2D eigenvalue weighted by Crippen LogP contribution is 2.62. The number of nitrogens with one attached hydrogen (secondary N) is 3. The first kappa shape index (κ1) is 20.6. The quantitative estimate of drug-likeness (QED) is 0.391. The van der Waals surface area contributed by atoms with E-state index in [1.807, 2.05) is 0 Å². The Balaban J connectivity index is 1.23. The normalized spacial score (nSPS) is 30.9. The van der Waals surface area contributed by atoms with E-state index >= 15 is 0 Å². The predicted molar refractivity (Wildman–Crippen MR) is 118 cm³/mol. The molecule has 8 heteroatoms. The molecule has 4 saturated carbocycles. The summed E-state index contributed by atoms with van der Waals surface area (Å²) in [6.45, 7) is 0.260. The predicted octanol–water partition coefficient (Wildman–Crippen LogP) is 3.01. The van der Waals surface area contributed by atoms with Gasteiger partial charge in [-0.15, -0.1) is 11.3 Å². The maximum atomic E-state index is 12.6. The molecule has 4 fully saturated rings. The first-order valence-corrected chi connectivity index (χ1v) is 11.8. The van der Waals surface area contributed by atoms with Crippen molar-refractivity contribution in [2.75, 3.05) is 11.9 Å². The first-order chi connectivity index (χ1) is 15.0. The van der Waals surface area contributed by atoms with Gasteiger partial charge in [0.05, 0.1) is 18.7 Å². The average molecular weight is 441 g/mol. The largest absolute Gasteiger partial charge is 0.303 e. The van der Waals surface area contributed by atoms with E-state index in [4.69, 9.17) is 5.21 Å². The monoisotopic (exact) mass is 440 g/mol. The molecule has 2 atom stereocenters. The van der Waals surface area contributed by atoms with Gasteiger partial charge in [-0.05, 0) is 61.3 Å². The zero-order valence-electron chi connectivity index (χ0n) is 17.4. The molecule has 0 saturated heterocycles. The summed E-state index contributed by atoms with van der Waals surface area (Å²) in [5, 5.41) is 17.3. The third-order valence-corrected chi connectivity index (χ3v) is 8.14. The van der Waals surface area contributed by atoms with E-state index in [0.29, 0.717) is 10.8 Å². The van der Waals surface area contributed by atoms with Gasteiger partial charge < -0.3 is 10.6 Å². The number of hydroxylamine groups is 1. The number of hydrogen-bond donors (Lipinski definition) is 4. The zero-order valence-corrected chi connectivity index (χ0v) is 18.2. The van der Waals surface area contributed by atoms with E-state index in [9.17, 15) is 9.59 Å². The SMILES string of the molecule is O=C(Cc1csc(NC(=O)CNC23CC4CC(C2)CC(c2ccccc2)(C4)C3)n1)NO. The van der Waals surface area contributed by atoms with E-state index in [2.05, 4.69) is 45.9 Å². The van der Waals surface area contributed by atoms with Gasteiger partial charge in [-0.2, -0.15) is 0 Å². The third-order valence-electron chi connectivity index (χ3n) is 7.34. The van der Waals surface area contributed by atoms with Crippen molar-refractivity contribution in [3.05, 3.63) is 47.0 Å². The second kappa shape index (κ2) is 8.00. The maximum Gasteiger partial charge on any atom is 0.249 e. The van der Waals surface area contributed by atoms with Crippen LogP contribution >= 0.6 is 11.3 Å². The molecule has 0 radical (unpaired) electrons. The van der Waals surface area contributed by atoms with Gasteiger partial charge in [0.1, 0.15) is 0 Å². The smallest absolute Gasteiger partial charge is 0.249 e. The standard InChI is InChI=1S/C23H28N4O3S/c28-19(27-30)7-18-13-31-21(25-18)26-20(29)12-24-23-10-15-6-16(11-23)9-22(8-15,14-23)17-4-2-1-3-5-17/h1-5,13,15-16,24,30H,6-12,14H2,(H,27,28)(H,25,26,29). The third kappa shape index (κ3) is 4.12. The summed E-state index contributed by atoms with van der Waals surface area (Å²) in [7, 11) is 0. The summed E-state index contributed by atoms with van der Waals surface area (Å²) < 4.78 is 0. The van der Waals surface area contributed by atoms with Crippen LogP contribution in [0.3, 0.4) is 0 Å². The molecular weight excluding hydrogens is 412 g/mol. The van der Waals surface area contributed by atoms with E-state index in [-0.39, 0.29) is 29.8 Å². The Kier molecular flexibility index (Phi) is 5.32. The summed E-state index contributed by atoms with van der Waals surface area (Å²) in [4.78, 5) is 28.1. The maximum absolute atomic E-state index is 12.6. The highest BCUT2D eigenvalue weighted by Gasteiger charge is 2.58. The fourth-order valence-electron chi connectivity index (χ4n) is 6.68. The Hall–Kier alpha value is -2.29. The van der Waals surface area contributed by atoms with Crippen LogP contribution in [0.15, 0.2) is 35.7 Å². The molecule has 2 aromatic rings. The molecule has 7 nitrogen and oxygen atoms in total. The van der Waals surface area contributed by atoms with Crippen LogP contribution in [0.25, 0.3) is 0 Å². The number of carbonyl (C=O) groups is 2. The molecular formula is C23H28N4O3S. The van der Waals surface area contributed by atoms with Gasteiger partial charge in [-0.3, -0.25) is 14.8 Å². The molecule has 2 amide bonds. The summed E-state index contributed by atoms with van der Waals surface area (Å²) in [6.07, 6.45) is 7.26. The molecule has 0 spiro atoms.